The van der Waals surface area contributed by atoms with Crippen molar-refractivity contribution in [2.24, 2.45) is 11.8 Å². The minimum absolute atomic E-state index is 0.0701. The summed E-state index contributed by atoms with van der Waals surface area (Å²) in [7, 11) is 0. The van der Waals surface area contributed by atoms with Crippen molar-refractivity contribution in [3.05, 3.63) is 0 Å². The first-order chi connectivity index (χ1) is 9.66. The highest BCUT2D eigenvalue weighted by molar-refractivity contribution is 6.03. The molecule has 5 nitrogen and oxygen atoms in total. The van der Waals surface area contributed by atoms with Crippen LogP contribution in [0.15, 0.2) is 0 Å². The fraction of sp³-hybridized carbons (Fsp3) is 0.800. The molecule has 0 aromatic rings. The molecule has 2 fully saturated rings. The Balaban J connectivity index is 1.73. The first kappa shape index (κ1) is 15.0. The van der Waals surface area contributed by atoms with Crippen LogP contribution in [0.3, 0.4) is 0 Å². The molecule has 0 saturated heterocycles. The second-order valence-electron chi connectivity index (χ2n) is 5.98. The molecule has 0 bridgehead atoms. The van der Waals surface area contributed by atoms with E-state index in [-0.39, 0.29) is 23.7 Å². The number of rotatable bonds is 2. The van der Waals surface area contributed by atoms with Crippen molar-refractivity contribution in [1.82, 2.24) is 10.6 Å². The van der Waals surface area contributed by atoms with Crippen molar-refractivity contribution in [2.45, 2.75) is 64.2 Å². The summed E-state index contributed by atoms with van der Waals surface area (Å²) < 4.78 is 0. The van der Waals surface area contributed by atoms with E-state index in [1.165, 1.54) is 0 Å². The summed E-state index contributed by atoms with van der Waals surface area (Å²) in [5.41, 5.74) is 0. The third-order valence-corrected chi connectivity index (χ3v) is 4.43. The Morgan fingerprint density at radius 2 is 0.950 bits per heavy atom. The van der Waals surface area contributed by atoms with Crippen LogP contribution in [0.25, 0.3) is 0 Å². The fourth-order valence-electron chi connectivity index (χ4n) is 3.19. The monoisotopic (exact) mass is 280 g/mol. The predicted molar refractivity (Wildman–Crippen MR) is 74.8 cm³/mol. The van der Waals surface area contributed by atoms with Gasteiger partial charge in [0.1, 0.15) is 0 Å². The Kier molecular flexibility index (Phi) is 5.56. The quantitative estimate of drug-likeness (QED) is 0.816. The van der Waals surface area contributed by atoms with Crippen molar-refractivity contribution in [3.63, 3.8) is 0 Å². The number of urea groups is 1. The van der Waals surface area contributed by atoms with E-state index in [1.54, 1.807) is 0 Å². The van der Waals surface area contributed by atoms with E-state index in [9.17, 15) is 14.4 Å². The lowest BCUT2D eigenvalue weighted by molar-refractivity contribution is -0.125. The highest BCUT2D eigenvalue weighted by Gasteiger charge is 2.25. The van der Waals surface area contributed by atoms with Crippen molar-refractivity contribution in [2.75, 3.05) is 0 Å². The van der Waals surface area contributed by atoms with E-state index in [1.807, 2.05) is 0 Å². The third kappa shape index (κ3) is 4.32. The molecular formula is C15H24N2O3. The maximum Gasteiger partial charge on any atom is 0.328 e. The number of carbonyl (C=O) groups excluding carboxylic acids is 3. The molecule has 0 radical (unpaired) electrons. The van der Waals surface area contributed by atoms with Crippen LogP contribution in [0, 0.1) is 11.8 Å². The zero-order valence-electron chi connectivity index (χ0n) is 12.0. The Hall–Kier alpha value is -1.39. The highest BCUT2D eigenvalue weighted by Crippen LogP contribution is 2.24. The lowest BCUT2D eigenvalue weighted by Crippen LogP contribution is -2.47. The van der Waals surface area contributed by atoms with Crippen molar-refractivity contribution in [3.8, 4) is 0 Å². The lowest BCUT2D eigenvalue weighted by Gasteiger charge is -2.22. The molecule has 4 amide bonds. The first-order valence-corrected chi connectivity index (χ1v) is 7.82. The van der Waals surface area contributed by atoms with Crippen LogP contribution in [0.2, 0.25) is 0 Å². The van der Waals surface area contributed by atoms with Gasteiger partial charge in [0.05, 0.1) is 0 Å². The molecule has 0 atom stereocenters. The Labute approximate surface area is 119 Å². The number of hydrogen-bond acceptors (Lipinski definition) is 3. The molecule has 20 heavy (non-hydrogen) atoms. The maximum atomic E-state index is 11.9. The smallest absolute Gasteiger partial charge is 0.278 e. The normalized spacial score (nSPS) is 21.2. The average Bonchev–Trinajstić information content (AvgIpc) is 2.49. The molecule has 0 aromatic heterocycles. The van der Waals surface area contributed by atoms with E-state index in [0.717, 1.165) is 64.2 Å². The summed E-state index contributed by atoms with van der Waals surface area (Å²) in [6.45, 7) is 0. The van der Waals surface area contributed by atoms with Crippen molar-refractivity contribution >= 4 is 17.8 Å². The second-order valence-corrected chi connectivity index (χ2v) is 5.98. The van der Waals surface area contributed by atoms with E-state index in [0.29, 0.717) is 0 Å². The molecule has 0 aromatic carbocycles. The van der Waals surface area contributed by atoms with Crippen LogP contribution in [0.1, 0.15) is 64.2 Å². The second kappa shape index (κ2) is 7.41. The number of hydrogen-bond donors (Lipinski definition) is 2. The molecule has 2 rings (SSSR count). The van der Waals surface area contributed by atoms with Crippen LogP contribution >= 0.6 is 0 Å². The minimum atomic E-state index is -0.656. The molecular weight excluding hydrogens is 256 g/mol. The number of imide groups is 2. The third-order valence-electron chi connectivity index (χ3n) is 4.43. The van der Waals surface area contributed by atoms with Gasteiger partial charge in [-0.05, 0) is 25.7 Å². The van der Waals surface area contributed by atoms with Gasteiger partial charge < -0.3 is 0 Å². The van der Waals surface area contributed by atoms with Crippen LogP contribution in [-0.2, 0) is 9.59 Å². The molecule has 2 aliphatic carbocycles. The van der Waals surface area contributed by atoms with Gasteiger partial charge in [0.15, 0.2) is 0 Å². The van der Waals surface area contributed by atoms with E-state index >= 15 is 0 Å². The maximum absolute atomic E-state index is 11.9. The van der Waals surface area contributed by atoms with E-state index in [2.05, 4.69) is 10.6 Å². The van der Waals surface area contributed by atoms with Gasteiger partial charge in [0.25, 0.3) is 0 Å². The SMILES string of the molecule is O=C(NC(=O)C1CCCCC1)NC(=O)C1CCCCC1. The summed E-state index contributed by atoms with van der Waals surface area (Å²) in [5.74, 6) is -0.615. The Morgan fingerprint density at radius 1 is 0.600 bits per heavy atom. The summed E-state index contributed by atoms with van der Waals surface area (Å²) in [4.78, 5) is 35.5. The molecule has 0 unspecified atom stereocenters. The standard InChI is InChI=1S/C15H24N2O3/c18-13(11-7-3-1-4-8-11)16-15(20)17-14(19)12-9-5-2-6-10-12/h11-12H,1-10H2,(H2,16,17,18,19,20). The number of amides is 4. The van der Waals surface area contributed by atoms with Crippen molar-refractivity contribution in [1.29, 1.82) is 0 Å². The van der Waals surface area contributed by atoms with E-state index in [4.69, 9.17) is 0 Å². The highest BCUT2D eigenvalue weighted by atomic mass is 16.2. The fourth-order valence-corrected chi connectivity index (χ4v) is 3.19. The molecule has 2 saturated carbocycles. The Morgan fingerprint density at radius 3 is 1.30 bits per heavy atom. The molecule has 0 aliphatic heterocycles. The van der Waals surface area contributed by atoms with Gasteiger partial charge in [-0.15, -0.1) is 0 Å². The van der Waals surface area contributed by atoms with Crippen LogP contribution in [0.5, 0.6) is 0 Å². The van der Waals surface area contributed by atoms with Gasteiger partial charge >= 0.3 is 6.03 Å². The summed E-state index contributed by atoms with van der Waals surface area (Å²) in [6, 6.07) is -0.656. The first-order valence-electron chi connectivity index (χ1n) is 7.82. The van der Waals surface area contributed by atoms with E-state index < -0.39 is 6.03 Å². The molecule has 0 spiro atoms. The zero-order valence-corrected chi connectivity index (χ0v) is 12.0. The van der Waals surface area contributed by atoms with Gasteiger partial charge in [-0.25, -0.2) is 4.79 Å². The summed E-state index contributed by atoms with van der Waals surface area (Å²) in [6.07, 6.45) is 9.87. The number of carbonyl (C=O) groups is 3. The van der Waals surface area contributed by atoms with Crippen LogP contribution < -0.4 is 10.6 Å². The minimum Gasteiger partial charge on any atom is -0.278 e. The van der Waals surface area contributed by atoms with Crippen molar-refractivity contribution < 1.29 is 14.4 Å². The lowest BCUT2D eigenvalue weighted by atomic mass is 9.88. The molecule has 2 aliphatic rings. The van der Waals surface area contributed by atoms with Gasteiger partial charge in [-0.1, -0.05) is 38.5 Å². The number of nitrogens with one attached hydrogen (secondary N) is 2. The molecule has 2 N–H and O–H groups in total. The average molecular weight is 280 g/mol. The van der Waals surface area contributed by atoms with Crippen LogP contribution in [0.4, 0.5) is 4.79 Å². The van der Waals surface area contributed by atoms with Crippen LogP contribution in [-0.4, -0.2) is 17.8 Å². The van der Waals surface area contributed by atoms with Gasteiger partial charge in [-0.2, -0.15) is 0 Å². The largest absolute Gasteiger partial charge is 0.328 e. The zero-order chi connectivity index (χ0) is 14.4. The summed E-state index contributed by atoms with van der Waals surface area (Å²) >= 11 is 0. The molecule has 112 valence electrons. The molecule has 5 heteroatoms. The van der Waals surface area contributed by atoms with Gasteiger partial charge in [0.2, 0.25) is 11.8 Å². The Bertz CT molecular complexity index is 335. The van der Waals surface area contributed by atoms with Gasteiger partial charge in [0, 0.05) is 11.8 Å². The van der Waals surface area contributed by atoms with Gasteiger partial charge in [-0.3, -0.25) is 20.2 Å². The summed E-state index contributed by atoms with van der Waals surface area (Å²) in [5, 5.41) is 4.62. The molecule has 0 heterocycles. The predicted octanol–water partition coefficient (Wildman–Crippen LogP) is 2.50. The topological polar surface area (TPSA) is 75.3 Å².